The van der Waals surface area contributed by atoms with Crippen LogP contribution in [0.2, 0.25) is 5.02 Å². The van der Waals surface area contributed by atoms with Gasteiger partial charge in [-0.3, -0.25) is 14.6 Å². The van der Waals surface area contributed by atoms with Crippen molar-refractivity contribution in [1.82, 2.24) is 15.0 Å². The predicted molar refractivity (Wildman–Crippen MR) is 106 cm³/mol. The molecule has 4 aromatic rings. The van der Waals surface area contributed by atoms with E-state index in [0.717, 1.165) is 5.02 Å². The van der Waals surface area contributed by atoms with Gasteiger partial charge in [-0.05, 0) is 36.4 Å². The van der Waals surface area contributed by atoms with E-state index >= 15 is 0 Å². The molecule has 0 aliphatic heterocycles. The number of H-pyrrole nitrogens is 1. The van der Waals surface area contributed by atoms with Gasteiger partial charge in [0.25, 0.3) is 5.56 Å². The normalized spacial score (nSPS) is 10.1. The Morgan fingerprint density at radius 1 is 0.926 bits per heavy atom. The minimum Gasteiger partial charge on any atom is -0.310 e. The molecule has 0 radical (unpaired) electrons. The summed E-state index contributed by atoms with van der Waals surface area (Å²) in [7, 11) is 0. The van der Waals surface area contributed by atoms with Crippen molar-refractivity contribution in [2.45, 2.75) is 6.42 Å². The molecule has 2 aromatic heterocycles. The van der Waals surface area contributed by atoms with Crippen molar-refractivity contribution in [2.24, 2.45) is 0 Å². The maximum atomic E-state index is 12.0. The Kier molecular flexibility index (Phi) is 6.07. The summed E-state index contributed by atoms with van der Waals surface area (Å²) < 4.78 is 0. The summed E-state index contributed by atoms with van der Waals surface area (Å²) in [4.78, 5) is 34.9. The van der Waals surface area contributed by atoms with E-state index in [4.69, 9.17) is 11.6 Å². The van der Waals surface area contributed by atoms with Crippen molar-refractivity contribution in [3.63, 3.8) is 0 Å². The average molecular weight is 378 g/mol. The lowest BCUT2D eigenvalue weighted by atomic mass is 10.2. The highest BCUT2D eigenvalue weighted by molar-refractivity contribution is 6.30. The van der Waals surface area contributed by atoms with Gasteiger partial charge in [-0.15, -0.1) is 0 Å². The topological polar surface area (TPSA) is 75.7 Å². The molecule has 134 valence electrons. The highest BCUT2D eigenvalue weighted by atomic mass is 35.5. The van der Waals surface area contributed by atoms with Gasteiger partial charge in [-0.1, -0.05) is 48.0 Å². The van der Waals surface area contributed by atoms with Gasteiger partial charge in [-0.25, -0.2) is 4.98 Å². The van der Waals surface area contributed by atoms with Crippen molar-refractivity contribution in [1.29, 1.82) is 0 Å². The van der Waals surface area contributed by atoms with Crippen molar-refractivity contribution < 1.29 is 4.79 Å². The second kappa shape index (κ2) is 8.87. The van der Waals surface area contributed by atoms with Crippen molar-refractivity contribution in [3.05, 3.63) is 106 Å². The van der Waals surface area contributed by atoms with Crippen LogP contribution in [0.1, 0.15) is 16.3 Å². The number of pyridine rings is 1. The first-order valence-electron chi connectivity index (χ1n) is 8.26. The molecule has 0 aliphatic rings. The van der Waals surface area contributed by atoms with Gasteiger partial charge in [0.1, 0.15) is 11.5 Å². The van der Waals surface area contributed by atoms with Gasteiger partial charge >= 0.3 is 0 Å². The summed E-state index contributed by atoms with van der Waals surface area (Å²) in [5.74, 6) is 0.174. The number of fused-ring (bicyclic) bond motifs is 1. The van der Waals surface area contributed by atoms with E-state index in [1.54, 1.807) is 48.7 Å². The number of Topliss-reactive ketones (excluding diaryl/α,β-unsaturated/α-hetero) is 1. The Morgan fingerprint density at radius 2 is 1.63 bits per heavy atom. The van der Waals surface area contributed by atoms with Gasteiger partial charge in [-0.2, -0.15) is 0 Å². The fourth-order valence-electron chi connectivity index (χ4n) is 2.40. The first-order valence-corrected chi connectivity index (χ1v) is 8.64. The molecule has 0 fully saturated rings. The van der Waals surface area contributed by atoms with Gasteiger partial charge in [0.15, 0.2) is 5.78 Å². The number of ketones is 1. The molecule has 27 heavy (non-hydrogen) atoms. The minimum absolute atomic E-state index is 0.0249. The molecule has 6 heteroatoms. The summed E-state index contributed by atoms with van der Waals surface area (Å²) in [6.07, 6.45) is 1.58. The van der Waals surface area contributed by atoms with Crippen LogP contribution in [-0.4, -0.2) is 20.7 Å². The predicted octanol–water partition coefficient (Wildman–Crippen LogP) is 4.08. The molecule has 0 amide bonds. The number of carbonyl (C=O) groups is 1. The Balaban J connectivity index is 0.000000253. The van der Waals surface area contributed by atoms with Crippen molar-refractivity contribution in [2.75, 3.05) is 0 Å². The molecule has 0 aliphatic carbocycles. The van der Waals surface area contributed by atoms with E-state index in [1.165, 1.54) is 0 Å². The standard InChI is InChI=1S/C15H11N3O2.C6H5Cl/c19-13(12-7-3-4-8-16-12)9-14-17-11-6-2-1-5-10(11)15(20)18-14;7-6-4-2-1-3-5-6/h1-8H,9H2,(H,17,18,20);1-5H. The van der Waals surface area contributed by atoms with E-state index in [2.05, 4.69) is 15.0 Å². The second-order valence-electron chi connectivity index (χ2n) is 5.64. The molecule has 0 saturated heterocycles. The third kappa shape index (κ3) is 5.09. The minimum atomic E-state index is -0.237. The molecule has 4 rings (SSSR count). The third-order valence-electron chi connectivity index (χ3n) is 3.67. The van der Waals surface area contributed by atoms with E-state index in [-0.39, 0.29) is 17.8 Å². The molecule has 1 N–H and O–H groups in total. The van der Waals surface area contributed by atoms with Crippen LogP contribution in [-0.2, 0) is 6.42 Å². The van der Waals surface area contributed by atoms with Crippen LogP contribution in [0.3, 0.4) is 0 Å². The highest BCUT2D eigenvalue weighted by Crippen LogP contribution is 2.07. The van der Waals surface area contributed by atoms with Crippen LogP contribution in [0.5, 0.6) is 0 Å². The van der Waals surface area contributed by atoms with Crippen LogP contribution < -0.4 is 5.56 Å². The van der Waals surface area contributed by atoms with E-state index in [0.29, 0.717) is 22.4 Å². The maximum absolute atomic E-state index is 12.0. The molecule has 0 saturated carbocycles. The average Bonchev–Trinajstić information content (AvgIpc) is 2.70. The fraction of sp³-hybridized carbons (Fsp3) is 0.0476. The Morgan fingerprint density at radius 3 is 2.30 bits per heavy atom. The monoisotopic (exact) mass is 377 g/mol. The van der Waals surface area contributed by atoms with Crippen LogP contribution in [0.25, 0.3) is 10.9 Å². The number of benzene rings is 2. The largest absolute Gasteiger partial charge is 0.310 e. The van der Waals surface area contributed by atoms with E-state index in [1.807, 2.05) is 30.3 Å². The first kappa shape index (κ1) is 18.5. The summed E-state index contributed by atoms with van der Waals surface area (Å²) in [5, 5.41) is 1.31. The SMILES string of the molecule is Clc1ccccc1.O=C(Cc1nc2ccccc2c(=O)[nH]1)c1ccccn1. The molecule has 0 bridgehead atoms. The molecule has 2 aromatic carbocycles. The Bertz CT molecular complexity index is 1100. The second-order valence-corrected chi connectivity index (χ2v) is 6.08. The number of hydrogen-bond acceptors (Lipinski definition) is 4. The zero-order chi connectivity index (χ0) is 19.1. The number of nitrogens with one attached hydrogen (secondary N) is 1. The molecule has 0 spiro atoms. The van der Waals surface area contributed by atoms with Gasteiger partial charge in [0, 0.05) is 11.2 Å². The number of rotatable bonds is 3. The summed E-state index contributed by atoms with van der Waals surface area (Å²) >= 11 is 5.54. The first-order chi connectivity index (χ1) is 13.1. The molecular formula is C21H16ClN3O2. The van der Waals surface area contributed by atoms with Gasteiger partial charge in [0.05, 0.1) is 17.3 Å². The number of nitrogens with zero attached hydrogens (tertiary/aromatic N) is 2. The molecule has 5 nitrogen and oxygen atoms in total. The molecular weight excluding hydrogens is 362 g/mol. The number of hydrogen-bond donors (Lipinski definition) is 1. The molecule has 0 atom stereocenters. The fourth-order valence-corrected chi connectivity index (χ4v) is 2.55. The van der Waals surface area contributed by atoms with Crippen LogP contribution in [0.4, 0.5) is 0 Å². The quantitative estimate of drug-likeness (QED) is 0.546. The van der Waals surface area contributed by atoms with Crippen molar-refractivity contribution in [3.8, 4) is 0 Å². The zero-order valence-corrected chi connectivity index (χ0v) is 15.1. The van der Waals surface area contributed by atoms with Crippen LogP contribution in [0.15, 0.2) is 83.8 Å². The van der Waals surface area contributed by atoms with E-state index < -0.39 is 0 Å². The smallest absolute Gasteiger partial charge is 0.258 e. The number of para-hydroxylation sites is 1. The highest BCUT2D eigenvalue weighted by Gasteiger charge is 2.11. The number of aromatic amines is 1. The lowest BCUT2D eigenvalue weighted by Gasteiger charge is -2.02. The van der Waals surface area contributed by atoms with Crippen LogP contribution >= 0.6 is 11.6 Å². The zero-order valence-electron chi connectivity index (χ0n) is 14.3. The Hall–Kier alpha value is -3.31. The van der Waals surface area contributed by atoms with E-state index in [9.17, 15) is 9.59 Å². The number of carbonyl (C=O) groups excluding carboxylic acids is 1. The lowest BCUT2D eigenvalue weighted by molar-refractivity contribution is 0.0986. The maximum Gasteiger partial charge on any atom is 0.258 e. The number of aromatic nitrogens is 3. The lowest BCUT2D eigenvalue weighted by Crippen LogP contribution is -2.15. The molecule has 0 unspecified atom stereocenters. The number of halogens is 1. The summed E-state index contributed by atoms with van der Waals surface area (Å²) in [6, 6.07) is 21.6. The summed E-state index contributed by atoms with van der Waals surface area (Å²) in [5.41, 5.74) is 0.711. The summed E-state index contributed by atoms with van der Waals surface area (Å²) in [6.45, 7) is 0. The van der Waals surface area contributed by atoms with Gasteiger partial charge in [0.2, 0.25) is 0 Å². The van der Waals surface area contributed by atoms with Crippen LogP contribution in [0, 0.1) is 0 Å². The Labute approximate surface area is 160 Å². The van der Waals surface area contributed by atoms with Crippen molar-refractivity contribution >= 4 is 28.3 Å². The third-order valence-corrected chi connectivity index (χ3v) is 3.93. The van der Waals surface area contributed by atoms with Gasteiger partial charge < -0.3 is 4.98 Å². The molecule has 2 heterocycles.